The van der Waals surface area contributed by atoms with Gasteiger partial charge in [-0.2, -0.15) is 5.26 Å². The lowest BCUT2D eigenvalue weighted by atomic mass is 9.95. The van der Waals surface area contributed by atoms with E-state index in [9.17, 15) is 4.79 Å². The minimum absolute atomic E-state index is 0.00938. The summed E-state index contributed by atoms with van der Waals surface area (Å²) in [6.45, 7) is 3.61. The summed E-state index contributed by atoms with van der Waals surface area (Å²) < 4.78 is 0. The maximum absolute atomic E-state index is 13.2. The largest absolute Gasteiger partial charge is 0.335 e. The number of carbonyl (C=O) groups excluding carboxylic acids is 1. The Kier molecular flexibility index (Phi) is 6.95. The molecule has 1 aromatic heterocycles. The van der Waals surface area contributed by atoms with Crippen LogP contribution in [0.1, 0.15) is 30.5 Å². The van der Waals surface area contributed by atoms with Gasteiger partial charge in [-0.3, -0.25) is 14.7 Å². The second-order valence-corrected chi connectivity index (χ2v) is 7.05. The molecule has 0 N–H and O–H groups in total. The zero-order valence-corrected chi connectivity index (χ0v) is 15.6. The van der Waals surface area contributed by atoms with Gasteiger partial charge in [-0.25, -0.2) is 0 Å². The third-order valence-electron chi connectivity index (χ3n) is 4.99. The van der Waals surface area contributed by atoms with Gasteiger partial charge in [0.1, 0.15) is 0 Å². The van der Waals surface area contributed by atoms with Crippen molar-refractivity contribution in [2.24, 2.45) is 5.92 Å². The zero-order chi connectivity index (χ0) is 18.9. The molecule has 1 saturated heterocycles. The summed E-state index contributed by atoms with van der Waals surface area (Å²) in [5.41, 5.74) is 2.14. The Morgan fingerprint density at radius 3 is 2.78 bits per heavy atom. The molecule has 27 heavy (non-hydrogen) atoms. The van der Waals surface area contributed by atoms with E-state index in [2.05, 4.69) is 40.2 Å². The molecule has 0 spiro atoms. The first-order valence-electron chi connectivity index (χ1n) is 9.58. The van der Waals surface area contributed by atoms with Gasteiger partial charge in [0.25, 0.3) is 0 Å². The van der Waals surface area contributed by atoms with Crippen LogP contribution < -0.4 is 0 Å². The second kappa shape index (κ2) is 9.84. The lowest BCUT2D eigenvalue weighted by Crippen LogP contribution is -2.44. The van der Waals surface area contributed by atoms with Crippen LogP contribution in [0.4, 0.5) is 0 Å². The van der Waals surface area contributed by atoms with Crippen LogP contribution in [0, 0.1) is 17.2 Å². The number of nitrogens with zero attached hydrogens (tertiary/aromatic N) is 4. The van der Waals surface area contributed by atoms with E-state index in [0.717, 1.165) is 38.2 Å². The number of aromatic nitrogens is 1. The fraction of sp³-hybridized carbons (Fsp3) is 0.409. The molecule has 5 heteroatoms. The average molecular weight is 362 g/mol. The van der Waals surface area contributed by atoms with Crippen LogP contribution in [0.3, 0.4) is 0 Å². The van der Waals surface area contributed by atoms with Gasteiger partial charge in [0.2, 0.25) is 5.91 Å². The highest BCUT2D eigenvalue weighted by atomic mass is 16.2. The number of hydrogen-bond donors (Lipinski definition) is 0. The molecule has 0 bridgehead atoms. The summed E-state index contributed by atoms with van der Waals surface area (Å²) in [6, 6.07) is 18.3. The number of piperidine rings is 1. The van der Waals surface area contributed by atoms with Gasteiger partial charge in [0.15, 0.2) is 0 Å². The molecule has 1 atom stereocenters. The molecule has 1 amide bonds. The Balaban J connectivity index is 1.64. The van der Waals surface area contributed by atoms with Crippen molar-refractivity contribution in [1.82, 2.24) is 14.8 Å². The highest BCUT2D eigenvalue weighted by Gasteiger charge is 2.29. The second-order valence-electron chi connectivity index (χ2n) is 7.05. The third-order valence-corrected chi connectivity index (χ3v) is 4.99. The highest BCUT2D eigenvalue weighted by molar-refractivity contribution is 5.79. The molecule has 3 rings (SSSR count). The van der Waals surface area contributed by atoms with E-state index in [1.165, 1.54) is 5.56 Å². The number of nitriles is 1. The van der Waals surface area contributed by atoms with Crippen LogP contribution >= 0.6 is 0 Å². The number of rotatable bonds is 7. The van der Waals surface area contributed by atoms with E-state index in [-0.39, 0.29) is 11.8 Å². The van der Waals surface area contributed by atoms with Gasteiger partial charge in [-0.15, -0.1) is 0 Å². The lowest BCUT2D eigenvalue weighted by Gasteiger charge is -2.35. The molecule has 140 valence electrons. The van der Waals surface area contributed by atoms with Crippen molar-refractivity contribution in [3.63, 3.8) is 0 Å². The van der Waals surface area contributed by atoms with Gasteiger partial charge in [-0.05, 0) is 37.1 Å². The van der Waals surface area contributed by atoms with Crippen molar-refractivity contribution in [3.8, 4) is 6.07 Å². The number of pyridine rings is 1. The standard InChI is InChI=1S/C22H26N4O/c23-12-7-15-26(18-21-11-4-5-13-24-21)22(27)20-10-6-14-25(17-20)16-19-8-2-1-3-9-19/h1-5,8-9,11,13,20H,6-7,10,14-18H2. The smallest absolute Gasteiger partial charge is 0.227 e. The first kappa shape index (κ1) is 19.1. The van der Waals surface area contributed by atoms with Gasteiger partial charge in [-0.1, -0.05) is 36.4 Å². The minimum atomic E-state index is -0.00938. The van der Waals surface area contributed by atoms with Gasteiger partial charge in [0, 0.05) is 25.8 Å². The van der Waals surface area contributed by atoms with Crippen molar-refractivity contribution in [3.05, 3.63) is 66.0 Å². The summed E-state index contributed by atoms with van der Waals surface area (Å²) >= 11 is 0. The summed E-state index contributed by atoms with van der Waals surface area (Å²) in [7, 11) is 0. The molecule has 5 nitrogen and oxygen atoms in total. The van der Waals surface area contributed by atoms with Crippen molar-refractivity contribution >= 4 is 5.91 Å². The van der Waals surface area contributed by atoms with Gasteiger partial charge in [0.05, 0.1) is 30.6 Å². The number of amides is 1. The molecule has 1 unspecified atom stereocenters. The Labute approximate surface area is 161 Å². The fourth-order valence-electron chi connectivity index (χ4n) is 3.64. The zero-order valence-electron chi connectivity index (χ0n) is 15.6. The van der Waals surface area contributed by atoms with E-state index in [1.54, 1.807) is 6.20 Å². The van der Waals surface area contributed by atoms with Gasteiger partial charge >= 0.3 is 0 Å². The van der Waals surface area contributed by atoms with Gasteiger partial charge < -0.3 is 4.90 Å². The molecule has 1 aliphatic rings. The Hall–Kier alpha value is -2.71. The van der Waals surface area contributed by atoms with Crippen LogP contribution in [0.15, 0.2) is 54.7 Å². The lowest BCUT2D eigenvalue weighted by molar-refractivity contribution is -0.138. The van der Waals surface area contributed by atoms with Crippen molar-refractivity contribution in [2.45, 2.75) is 32.4 Å². The van der Waals surface area contributed by atoms with Crippen LogP contribution in [0.25, 0.3) is 0 Å². The monoisotopic (exact) mass is 362 g/mol. The molecular weight excluding hydrogens is 336 g/mol. The average Bonchev–Trinajstić information content (AvgIpc) is 2.72. The van der Waals surface area contributed by atoms with E-state index in [1.807, 2.05) is 29.2 Å². The van der Waals surface area contributed by atoms with E-state index >= 15 is 0 Å². The molecule has 0 radical (unpaired) electrons. The summed E-state index contributed by atoms with van der Waals surface area (Å²) in [5, 5.41) is 8.97. The first-order valence-corrected chi connectivity index (χ1v) is 9.58. The maximum atomic E-state index is 13.2. The predicted molar refractivity (Wildman–Crippen MR) is 104 cm³/mol. The minimum Gasteiger partial charge on any atom is -0.335 e. The number of carbonyl (C=O) groups is 1. The fourth-order valence-corrected chi connectivity index (χ4v) is 3.64. The van der Waals surface area contributed by atoms with Crippen LogP contribution in [0.5, 0.6) is 0 Å². The topological polar surface area (TPSA) is 60.2 Å². The predicted octanol–water partition coefficient (Wildman–Crippen LogP) is 3.24. The Morgan fingerprint density at radius 2 is 2.04 bits per heavy atom. The quantitative estimate of drug-likeness (QED) is 0.759. The SMILES string of the molecule is N#CCCN(Cc1ccccn1)C(=O)C1CCCN(Cc2ccccc2)C1. The van der Waals surface area contributed by atoms with Crippen LogP contribution in [-0.4, -0.2) is 40.3 Å². The molecule has 2 aromatic rings. The normalized spacial score (nSPS) is 17.2. The summed E-state index contributed by atoms with van der Waals surface area (Å²) in [6.07, 6.45) is 4.03. The van der Waals surface area contributed by atoms with Crippen LogP contribution in [-0.2, 0) is 17.9 Å². The van der Waals surface area contributed by atoms with Crippen molar-refractivity contribution < 1.29 is 4.79 Å². The Bertz CT molecular complexity index is 757. The molecule has 0 aliphatic carbocycles. The number of hydrogen-bond acceptors (Lipinski definition) is 4. The summed E-state index contributed by atoms with van der Waals surface area (Å²) in [5.74, 6) is 0.138. The molecule has 1 fully saturated rings. The first-order chi connectivity index (χ1) is 13.3. The number of likely N-dealkylation sites (tertiary alicyclic amines) is 1. The van der Waals surface area contributed by atoms with E-state index < -0.39 is 0 Å². The molecule has 1 aliphatic heterocycles. The van der Waals surface area contributed by atoms with Crippen molar-refractivity contribution in [2.75, 3.05) is 19.6 Å². The Morgan fingerprint density at radius 1 is 1.22 bits per heavy atom. The maximum Gasteiger partial charge on any atom is 0.227 e. The van der Waals surface area contributed by atoms with E-state index in [0.29, 0.717) is 19.5 Å². The molecular formula is C22H26N4O. The molecule has 1 aromatic carbocycles. The molecule has 0 saturated carbocycles. The number of benzene rings is 1. The van der Waals surface area contributed by atoms with E-state index in [4.69, 9.17) is 5.26 Å². The third kappa shape index (κ3) is 5.63. The molecule has 2 heterocycles. The summed E-state index contributed by atoms with van der Waals surface area (Å²) in [4.78, 5) is 21.7. The van der Waals surface area contributed by atoms with Crippen molar-refractivity contribution in [1.29, 1.82) is 5.26 Å². The highest BCUT2D eigenvalue weighted by Crippen LogP contribution is 2.21. The van der Waals surface area contributed by atoms with Crippen LogP contribution in [0.2, 0.25) is 0 Å².